The summed E-state index contributed by atoms with van der Waals surface area (Å²) in [6.07, 6.45) is 0. The molecule has 0 bridgehead atoms. The maximum atomic E-state index is 12.9. The molecule has 0 spiro atoms. The number of aromatic nitrogens is 2. The third-order valence-corrected chi connectivity index (χ3v) is 5.93. The van der Waals surface area contributed by atoms with Crippen LogP contribution in [0.5, 0.6) is 5.75 Å². The van der Waals surface area contributed by atoms with Gasteiger partial charge in [-0.25, -0.2) is 4.39 Å². The molecule has 28 heavy (non-hydrogen) atoms. The van der Waals surface area contributed by atoms with E-state index in [0.29, 0.717) is 26.0 Å². The van der Waals surface area contributed by atoms with E-state index in [-0.39, 0.29) is 11.7 Å². The molecule has 0 atom stereocenters. The molecule has 0 saturated carbocycles. The Balaban J connectivity index is 1.56. The summed E-state index contributed by atoms with van der Waals surface area (Å²) in [6, 6.07) is 13.1. The first-order valence-electron chi connectivity index (χ1n) is 8.28. The number of carbonyl (C=O) groups is 1. The molecule has 0 aliphatic rings. The Bertz CT molecular complexity index is 947. The number of rotatable bonds is 7. The number of benzene rings is 2. The summed E-state index contributed by atoms with van der Waals surface area (Å²) in [6.45, 7) is 3.34. The smallest absolute Gasteiger partial charge is 0.269 e. The Morgan fingerprint density at radius 1 is 1.18 bits per heavy atom. The summed E-state index contributed by atoms with van der Waals surface area (Å²) in [7, 11) is 0. The number of amides is 1. The topological polar surface area (TPSA) is 64.1 Å². The first kappa shape index (κ1) is 20.6. The van der Waals surface area contributed by atoms with Crippen molar-refractivity contribution < 1.29 is 13.9 Å². The first-order chi connectivity index (χ1) is 13.3. The van der Waals surface area contributed by atoms with Crippen molar-refractivity contribution >= 4 is 45.7 Å². The zero-order valence-corrected chi connectivity index (χ0v) is 17.5. The minimum atomic E-state index is -1.11. The van der Waals surface area contributed by atoms with E-state index in [0.717, 1.165) is 5.56 Å². The van der Waals surface area contributed by atoms with Gasteiger partial charge in [0.15, 0.2) is 9.94 Å². The van der Waals surface area contributed by atoms with Crippen molar-refractivity contribution in [1.82, 2.24) is 10.2 Å². The molecule has 1 amide bonds. The van der Waals surface area contributed by atoms with Crippen molar-refractivity contribution in [3.05, 3.63) is 64.9 Å². The fourth-order valence-electron chi connectivity index (χ4n) is 2.14. The average Bonchev–Trinajstić information content (AvgIpc) is 3.10. The van der Waals surface area contributed by atoms with Crippen LogP contribution >= 0.6 is 34.7 Å². The van der Waals surface area contributed by atoms with Crippen LogP contribution in [0.4, 0.5) is 9.52 Å². The standard InChI is InChI=1S/C19H17ClFN3O2S2/c1-19(2,26-15-9-5-13(20)6-10-15)16(25)22-17-23-24-18(28-17)27-11-12-3-7-14(21)8-4-12/h3-10H,11H2,1-2H3,(H,22,23,25). The highest BCUT2D eigenvalue weighted by molar-refractivity contribution is 8.00. The van der Waals surface area contributed by atoms with Gasteiger partial charge in [-0.1, -0.05) is 46.8 Å². The molecule has 2 aromatic carbocycles. The molecule has 0 radical (unpaired) electrons. The van der Waals surface area contributed by atoms with Gasteiger partial charge in [-0.15, -0.1) is 10.2 Å². The van der Waals surface area contributed by atoms with Gasteiger partial charge >= 0.3 is 0 Å². The lowest BCUT2D eigenvalue weighted by atomic mass is 10.1. The van der Waals surface area contributed by atoms with Crippen LogP contribution in [0.2, 0.25) is 5.02 Å². The molecule has 9 heteroatoms. The number of carbonyl (C=O) groups excluding carboxylic acids is 1. The quantitative estimate of drug-likeness (QED) is 0.395. The molecule has 1 aromatic heterocycles. The van der Waals surface area contributed by atoms with E-state index in [1.165, 1.54) is 35.2 Å². The molecular formula is C19H17ClFN3O2S2. The third kappa shape index (κ3) is 5.67. The SMILES string of the molecule is CC(C)(Oc1ccc(Cl)cc1)C(=O)Nc1nnc(SCc2ccc(F)cc2)s1. The van der Waals surface area contributed by atoms with Crippen LogP contribution in [0, 0.1) is 5.82 Å². The highest BCUT2D eigenvalue weighted by Gasteiger charge is 2.31. The van der Waals surface area contributed by atoms with Gasteiger partial charge in [0.2, 0.25) is 5.13 Å². The Kier molecular flexibility index (Phi) is 6.53. The highest BCUT2D eigenvalue weighted by atomic mass is 35.5. The Morgan fingerprint density at radius 3 is 2.54 bits per heavy atom. The molecule has 1 N–H and O–H groups in total. The van der Waals surface area contributed by atoms with E-state index < -0.39 is 5.60 Å². The van der Waals surface area contributed by atoms with E-state index in [1.54, 1.807) is 50.2 Å². The number of ether oxygens (including phenoxy) is 1. The van der Waals surface area contributed by atoms with Crippen molar-refractivity contribution in [2.45, 2.75) is 29.5 Å². The number of hydrogen-bond acceptors (Lipinski definition) is 6. The van der Waals surface area contributed by atoms with Gasteiger partial charge in [-0.3, -0.25) is 10.1 Å². The number of nitrogens with zero attached hydrogens (tertiary/aromatic N) is 2. The number of thioether (sulfide) groups is 1. The maximum Gasteiger partial charge on any atom is 0.269 e. The van der Waals surface area contributed by atoms with Crippen LogP contribution in [0.15, 0.2) is 52.9 Å². The summed E-state index contributed by atoms with van der Waals surface area (Å²) in [5.41, 5.74) is -0.134. The molecule has 5 nitrogen and oxygen atoms in total. The molecule has 0 aliphatic heterocycles. The number of nitrogens with one attached hydrogen (secondary N) is 1. The van der Waals surface area contributed by atoms with Gasteiger partial charge in [-0.2, -0.15) is 0 Å². The van der Waals surface area contributed by atoms with Gasteiger partial charge < -0.3 is 4.74 Å². The Hall–Kier alpha value is -2.16. The van der Waals surface area contributed by atoms with Crippen molar-refractivity contribution in [1.29, 1.82) is 0 Å². The lowest BCUT2D eigenvalue weighted by Gasteiger charge is -2.24. The monoisotopic (exact) mass is 437 g/mol. The van der Waals surface area contributed by atoms with Crippen LogP contribution in [0.1, 0.15) is 19.4 Å². The highest BCUT2D eigenvalue weighted by Crippen LogP contribution is 2.29. The fraction of sp³-hybridized carbons (Fsp3) is 0.211. The second-order valence-corrected chi connectivity index (χ2v) is 8.95. The number of halogens is 2. The van der Waals surface area contributed by atoms with Gasteiger partial charge in [0.25, 0.3) is 5.91 Å². The van der Waals surface area contributed by atoms with Crippen molar-refractivity contribution in [2.75, 3.05) is 5.32 Å². The van der Waals surface area contributed by atoms with Gasteiger partial charge in [-0.05, 0) is 55.8 Å². The predicted octanol–water partition coefficient (Wildman–Crippen LogP) is 5.42. The summed E-state index contributed by atoms with van der Waals surface area (Å²) < 4.78 is 19.4. The average molecular weight is 438 g/mol. The van der Waals surface area contributed by atoms with Crippen LogP contribution in [0.3, 0.4) is 0 Å². The van der Waals surface area contributed by atoms with Crippen LogP contribution in [-0.2, 0) is 10.5 Å². The molecule has 3 aromatic rings. The molecule has 0 unspecified atom stereocenters. The molecule has 3 rings (SSSR count). The van der Waals surface area contributed by atoms with Crippen molar-refractivity contribution in [3.63, 3.8) is 0 Å². The normalized spacial score (nSPS) is 11.3. The van der Waals surface area contributed by atoms with Crippen LogP contribution < -0.4 is 10.1 Å². The largest absolute Gasteiger partial charge is 0.478 e. The van der Waals surface area contributed by atoms with E-state index in [1.807, 2.05) is 0 Å². The van der Waals surface area contributed by atoms with Crippen LogP contribution in [0.25, 0.3) is 0 Å². The Labute approximate surface area is 175 Å². The van der Waals surface area contributed by atoms with Gasteiger partial charge in [0.1, 0.15) is 11.6 Å². The summed E-state index contributed by atoms with van der Waals surface area (Å²) in [5, 5.41) is 11.8. The van der Waals surface area contributed by atoms with E-state index in [4.69, 9.17) is 16.3 Å². The lowest BCUT2D eigenvalue weighted by Crippen LogP contribution is -2.42. The Morgan fingerprint density at radius 2 is 1.86 bits per heavy atom. The zero-order chi connectivity index (χ0) is 20.1. The predicted molar refractivity (Wildman–Crippen MR) is 111 cm³/mol. The van der Waals surface area contributed by atoms with Crippen molar-refractivity contribution in [2.24, 2.45) is 0 Å². The van der Waals surface area contributed by atoms with Crippen molar-refractivity contribution in [3.8, 4) is 5.75 Å². The molecule has 0 saturated heterocycles. The summed E-state index contributed by atoms with van der Waals surface area (Å²) in [4.78, 5) is 12.6. The summed E-state index contributed by atoms with van der Waals surface area (Å²) >= 11 is 8.60. The molecular weight excluding hydrogens is 421 g/mol. The van der Waals surface area contributed by atoms with E-state index in [9.17, 15) is 9.18 Å². The minimum absolute atomic E-state index is 0.266. The molecule has 146 valence electrons. The van der Waals surface area contributed by atoms with E-state index in [2.05, 4.69) is 15.5 Å². The molecule has 0 fully saturated rings. The molecule has 1 heterocycles. The lowest BCUT2D eigenvalue weighted by molar-refractivity contribution is -0.128. The first-order valence-corrected chi connectivity index (χ1v) is 10.5. The second-order valence-electron chi connectivity index (χ2n) is 6.31. The number of hydrogen-bond donors (Lipinski definition) is 1. The summed E-state index contributed by atoms with van der Waals surface area (Å²) in [5.74, 6) is 0.567. The number of anilines is 1. The minimum Gasteiger partial charge on any atom is -0.478 e. The fourth-order valence-corrected chi connectivity index (χ4v) is 3.96. The van der Waals surface area contributed by atoms with Gasteiger partial charge in [0.05, 0.1) is 0 Å². The zero-order valence-electron chi connectivity index (χ0n) is 15.1. The maximum absolute atomic E-state index is 12.9. The van der Waals surface area contributed by atoms with Crippen LogP contribution in [-0.4, -0.2) is 21.7 Å². The third-order valence-electron chi connectivity index (χ3n) is 3.64. The second kappa shape index (κ2) is 8.89. The van der Waals surface area contributed by atoms with E-state index >= 15 is 0 Å². The molecule has 0 aliphatic carbocycles. The van der Waals surface area contributed by atoms with Gasteiger partial charge in [0, 0.05) is 10.8 Å².